The van der Waals surface area contributed by atoms with Crippen LogP contribution in [0.2, 0.25) is 0 Å². The van der Waals surface area contributed by atoms with E-state index in [-0.39, 0.29) is 18.2 Å². The van der Waals surface area contributed by atoms with Crippen LogP contribution in [0, 0.1) is 24.0 Å². The zero-order valence-electron chi connectivity index (χ0n) is 17.4. The van der Waals surface area contributed by atoms with Crippen LogP contribution in [0.3, 0.4) is 0 Å². The molecule has 0 saturated carbocycles. The first kappa shape index (κ1) is 23.8. The molecule has 2 heterocycles. The molecule has 3 aromatic rings. The van der Waals surface area contributed by atoms with Crippen LogP contribution < -0.4 is 4.90 Å². The minimum atomic E-state index is -0.652. The lowest BCUT2D eigenvalue weighted by Crippen LogP contribution is -2.38. The fourth-order valence-electron chi connectivity index (χ4n) is 3.21. The zero-order chi connectivity index (χ0) is 21.1. The van der Waals surface area contributed by atoms with E-state index in [9.17, 15) is 14.9 Å². The summed E-state index contributed by atoms with van der Waals surface area (Å²) in [6, 6.07) is 6.65. The standard InChI is InChI=1S/C20H24N4O4S.ClH/c1-5-22(6-2)9-10-23(19(25)15-7-8-17(28-15)24(26)27)20-21-18-14(4)11-13(3)12-16(18)29-20;/h7-8,11-12H,5-6,9-10H2,1-4H3;1H. The third-order valence-corrected chi connectivity index (χ3v) is 5.84. The number of aromatic nitrogens is 1. The molecule has 30 heavy (non-hydrogen) atoms. The van der Waals surface area contributed by atoms with Crippen LogP contribution in [0.5, 0.6) is 0 Å². The van der Waals surface area contributed by atoms with Gasteiger partial charge in [0.25, 0.3) is 5.91 Å². The van der Waals surface area contributed by atoms with E-state index in [1.165, 1.54) is 23.5 Å². The Morgan fingerprint density at radius 2 is 1.90 bits per heavy atom. The highest BCUT2D eigenvalue weighted by Gasteiger charge is 2.26. The predicted molar refractivity (Wildman–Crippen MR) is 121 cm³/mol. The van der Waals surface area contributed by atoms with E-state index >= 15 is 0 Å². The maximum Gasteiger partial charge on any atom is 0.433 e. The molecule has 0 saturated heterocycles. The van der Waals surface area contributed by atoms with Gasteiger partial charge in [-0.2, -0.15) is 0 Å². The molecule has 0 bridgehead atoms. The second-order valence-electron chi connectivity index (χ2n) is 6.80. The third kappa shape index (κ3) is 4.97. The molecule has 0 aliphatic carbocycles. The van der Waals surface area contributed by atoms with Crippen molar-refractivity contribution < 1.29 is 14.1 Å². The molecule has 1 amide bonds. The van der Waals surface area contributed by atoms with E-state index in [1.807, 2.05) is 19.9 Å². The largest absolute Gasteiger partial charge is 0.433 e. The number of carbonyl (C=O) groups is 1. The smallest absolute Gasteiger partial charge is 0.395 e. The van der Waals surface area contributed by atoms with Crippen LogP contribution in [0.4, 0.5) is 11.0 Å². The number of amides is 1. The molecule has 0 spiro atoms. The van der Waals surface area contributed by atoms with Crippen LogP contribution in [0.25, 0.3) is 10.2 Å². The van der Waals surface area contributed by atoms with E-state index in [1.54, 1.807) is 4.90 Å². The van der Waals surface area contributed by atoms with Crippen molar-refractivity contribution in [2.24, 2.45) is 0 Å². The Bertz CT molecular complexity index is 1040. The van der Waals surface area contributed by atoms with Crippen molar-refractivity contribution in [3.05, 3.63) is 51.3 Å². The average Bonchev–Trinajstić information content (AvgIpc) is 3.32. The first-order chi connectivity index (χ1) is 13.8. The van der Waals surface area contributed by atoms with E-state index < -0.39 is 16.7 Å². The number of aryl methyl sites for hydroxylation is 2. The minimum absolute atomic E-state index is 0. The van der Waals surface area contributed by atoms with Gasteiger partial charge in [-0.1, -0.05) is 31.3 Å². The van der Waals surface area contributed by atoms with Crippen LogP contribution in [0.1, 0.15) is 35.5 Å². The van der Waals surface area contributed by atoms with E-state index in [0.717, 1.165) is 34.4 Å². The average molecular weight is 453 g/mol. The molecule has 3 rings (SSSR count). The summed E-state index contributed by atoms with van der Waals surface area (Å²) in [5.41, 5.74) is 3.04. The number of thiazole rings is 1. The second-order valence-corrected chi connectivity index (χ2v) is 7.81. The Kier molecular flexibility index (Phi) is 7.94. The summed E-state index contributed by atoms with van der Waals surface area (Å²) in [5, 5.41) is 11.5. The molecule has 1 aromatic carbocycles. The van der Waals surface area contributed by atoms with Gasteiger partial charge >= 0.3 is 5.88 Å². The summed E-state index contributed by atoms with van der Waals surface area (Å²) in [6.45, 7) is 11.0. The monoisotopic (exact) mass is 452 g/mol. The fourth-order valence-corrected chi connectivity index (χ4v) is 4.38. The quantitative estimate of drug-likeness (QED) is 0.359. The number of carbonyl (C=O) groups excluding carboxylic acids is 1. The molecular formula is C20H25ClN4O4S. The molecule has 2 aromatic heterocycles. The number of benzene rings is 1. The Morgan fingerprint density at radius 3 is 2.50 bits per heavy atom. The molecule has 10 heteroatoms. The van der Waals surface area contributed by atoms with Crippen LogP contribution in [-0.4, -0.2) is 46.9 Å². The summed E-state index contributed by atoms with van der Waals surface area (Å²) >= 11 is 1.44. The Balaban J connectivity index is 0.00000320. The molecule has 0 fully saturated rings. The number of likely N-dealkylation sites (N-methyl/N-ethyl adjacent to an activating group) is 1. The summed E-state index contributed by atoms with van der Waals surface area (Å²) in [4.78, 5) is 31.9. The van der Waals surface area contributed by atoms with Crippen molar-refractivity contribution in [3.8, 4) is 0 Å². The molecule has 0 aliphatic rings. The normalized spacial score (nSPS) is 11.0. The first-order valence-electron chi connectivity index (χ1n) is 9.50. The van der Waals surface area contributed by atoms with Gasteiger partial charge in [-0.25, -0.2) is 4.98 Å². The second kappa shape index (κ2) is 10.0. The number of nitrogens with zero attached hydrogens (tertiary/aromatic N) is 4. The van der Waals surface area contributed by atoms with Gasteiger partial charge < -0.3 is 9.32 Å². The highest BCUT2D eigenvalue weighted by molar-refractivity contribution is 7.22. The molecule has 8 nitrogen and oxygen atoms in total. The molecule has 0 N–H and O–H groups in total. The summed E-state index contributed by atoms with van der Waals surface area (Å²) in [7, 11) is 0. The molecule has 0 atom stereocenters. The molecule has 162 valence electrons. The molecule has 0 unspecified atom stereocenters. The van der Waals surface area contributed by atoms with Crippen LogP contribution in [-0.2, 0) is 0 Å². The topological polar surface area (TPSA) is 92.7 Å². The minimum Gasteiger partial charge on any atom is -0.395 e. The van der Waals surface area contributed by atoms with Gasteiger partial charge in [-0.3, -0.25) is 19.8 Å². The van der Waals surface area contributed by atoms with Crippen molar-refractivity contribution in [1.82, 2.24) is 9.88 Å². The number of halogens is 1. The maximum atomic E-state index is 13.2. The van der Waals surface area contributed by atoms with Gasteiger partial charge in [0.1, 0.15) is 4.92 Å². The van der Waals surface area contributed by atoms with Gasteiger partial charge in [-0.05, 0) is 50.2 Å². The Morgan fingerprint density at radius 1 is 1.20 bits per heavy atom. The number of furan rings is 1. The lowest BCUT2D eigenvalue weighted by atomic mass is 10.1. The number of hydrogen-bond acceptors (Lipinski definition) is 7. The molecule has 0 aliphatic heterocycles. The van der Waals surface area contributed by atoms with Crippen molar-refractivity contribution in [3.63, 3.8) is 0 Å². The summed E-state index contributed by atoms with van der Waals surface area (Å²) in [5.74, 6) is -0.949. The van der Waals surface area contributed by atoms with E-state index in [0.29, 0.717) is 18.2 Å². The van der Waals surface area contributed by atoms with Gasteiger partial charge in [0.05, 0.1) is 16.3 Å². The zero-order valence-corrected chi connectivity index (χ0v) is 19.0. The van der Waals surface area contributed by atoms with Crippen molar-refractivity contribution in [2.75, 3.05) is 31.1 Å². The van der Waals surface area contributed by atoms with Gasteiger partial charge in [0.15, 0.2) is 10.9 Å². The summed E-state index contributed by atoms with van der Waals surface area (Å²) < 4.78 is 6.16. The lowest BCUT2D eigenvalue weighted by molar-refractivity contribution is -0.402. The number of rotatable bonds is 8. The van der Waals surface area contributed by atoms with E-state index in [4.69, 9.17) is 9.40 Å². The van der Waals surface area contributed by atoms with Crippen LogP contribution in [0.15, 0.2) is 28.7 Å². The number of hydrogen-bond donors (Lipinski definition) is 0. The molecule has 0 radical (unpaired) electrons. The highest BCUT2D eigenvalue weighted by atomic mass is 35.5. The predicted octanol–water partition coefficient (Wildman–Crippen LogP) is 4.82. The summed E-state index contributed by atoms with van der Waals surface area (Å²) in [6.07, 6.45) is 0. The fraction of sp³-hybridized carbons (Fsp3) is 0.400. The van der Waals surface area contributed by atoms with Gasteiger partial charge in [0.2, 0.25) is 0 Å². The van der Waals surface area contributed by atoms with E-state index in [2.05, 4.69) is 24.8 Å². The van der Waals surface area contributed by atoms with Crippen molar-refractivity contribution >= 4 is 50.9 Å². The third-order valence-electron chi connectivity index (χ3n) is 4.81. The lowest BCUT2D eigenvalue weighted by Gasteiger charge is -2.24. The number of fused-ring (bicyclic) bond motifs is 1. The maximum absolute atomic E-state index is 13.2. The highest BCUT2D eigenvalue weighted by Crippen LogP contribution is 2.32. The van der Waals surface area contributed by atoms with Crippen molar-refractivity contribution in [1.29, 1.82) is 0 Å². The number of nitro groups is 1. The molecular weight excluding hydrogens is 428 g/mol. The number of anilines is 1. The Labute approximate surface area is 185 Å². The SMILES string of the molecule is CCN(CC)CCN(C(=O)c1ccc([N+](=O)[O-])o1)c1nc2c(C)cc(C)cc2s1.Cl. The van der Waals surface area contributed by atoms with Crippen LogP contribution >= 0.6 is 23.7 Å². The van der Waals surface area contributed by atoms with Gasteiger partial charge in [0, 0.05) is 13.1 Å². The van der Waals surface area contributed by atoms with Gasteiger partial charge in [-0.15, -0.1) is 12.4 Å². The van der Waals surface area contributed by atoms with Crippen molar-refractivity contribution in [2.45, 2.75) is 27.7 Å². The Hall–Kier alpha value is -2.49. The first-order valence-corrected chi connectivity index (χ1v) is 10.3.